The number of ether oxygens (including phenoxy) is 2. The van der Waals surface area contributed by atoms with Crippen molar-refractivity contribution >= 4 is 11.9 Å². The fourth-order valence-electron chi connectivity index (χ4n) is 18.0. The van der Waals surface area contributed by atoms with Crippen LogP contribution in [-0.4, -0.2) is 24.1 Å². The molecule has 0 unspecified atom stereocenters. The molecule has 6 saturated carbocycles. The summed E-state index contributed by atoms with van der Waals surface area (Å²) in [5, 5.41) is 0. The van der Waals surface area contributed by atoms with Crippen LogP contribution in [0.1, 0.15) is 210 Å². The summed E-state index contributed by atoms with van der Waals surface area (Å²) in [5.74, 6) is 9.06. The first-order valence-electron chi connectivity index (χ1n) is 26.9. The minimum Gasteiger partial charge on any atom is -0.459 e. The van der Waals surface area contributed by atoms with Gasteiger partial charge < -0.3 is 9.47 Å². The molecule has 0 amide bonds. The normalized spacial score (nSPS) is 43.4. The molecule has 4 nitrogen and oxygen atoms in total. The van der Waals surface area contributed by atoms with Gasteiger partial charge in [-0.15, -0.1) is 0 Å². The van der Waals surface area contributed by atoms with Gasteiger partial charge in [-0.25, -0.2) is 9.59 Å². The lowest BCUT2D eigenvalue weighted by Gasteiger charge is -2.58. The topological polar surface area (TPSA) is 52.6 Å². The zero-order valence-electron chi connectivity index (χ0n) is 41.6. The largest absolute Gasteiger partial charge is 0.459 e. The van der Waals surface area contributed by atoms with Crippen LogP contribution in [0.25, 0.3) is 0 Å². The van der Waals surface area contributed by atoms with E-state index in [0.717, 1.165) is 110 Å². The maximum Gasteiger partial charge on any atom is 0.331 e. The van der Waals surface area contributed by atoms with Crippen LogP contribution in [0.15, 0.2) is 35.5 Å². The lowest BCUT2D eigenvalue weighted by molar-refractivity contribution is -0.148. The maximum atomic E-state index is 13.2. The number of carbonyl (C=O) groups is 2. The Bertz CT molecular complexity index is 1580. The third-order valence-electron chi connectivity index (χ3n) is 21.4. The molecule has 6 fully saturated rings. The Balaban J connectivity index is 0.806. The molecule has 0 N–H and O–H groups in total. The first-order chi connectivity index (χ1) is 29.5. The van der Waals surface area contributed by atoms with E-state index in [1.165, 1.54) is 126 Å². The first kappa shape index (κ1) is 46.7. The Morgan fingerprint density at radius 1 is 0.548 bits per heavy atom. The number of hydrogen-bond donors (Lipinski definition) is 0. The van der Waals surface area contributed by atoms with Gasteiger partial charge in [0.15, 0.2) is 0 Å². The van der Waals surface area contributed by atoms with Crippen LogP contribution >= 0.6 is 0 Å². The van der Waals surface area contributed by atoms with Gasteiger partial charge in [0.2, 0.25) is 0 Å². The van der Waals surface area contributed by atoms with Crippen molar-refractivity contribution in [2.24, 2.45) is 92.7 Å². The van der Waals surface area contributed by atoms with Gasteiger partial charge in [-0.1, -0.05) is 131 Å². The molecule has 0 aliphatic heterocycles. The van der Waals surface area contributed by atoms with Gasteiger partial charge in [0.25, 0.3) is 0 Å². The van der Waals surface area contributed by atoms with Crippen LogP contribution in [0.2, 0.25) is 0 Å². The van der Waals surface area contributed by atoms with Gasteiger partial charge in [0.05, 0.1) is 0 Å². The second kappa shape index (κ2) is 18.4. The molecule has 16 atom stereocenters. The van der Waals surface area contributed by atoms with Crippen LogP contribution in [0.5, 0.6) is 0 Å². The summed E-state index contributed by atoms with van der Waals surface area (Å²) in [5.41, 5.74) is 4.52. The minimum absolute atomic E-state index is 0.112. The number of allylic oxidation sites excluding steroid dienone is 2. The van der Waals surface area contributed by atoms with Gasteiger partial charge in [-0.3, -0.25) is 0 Å². The van der Waals surface area contributed by atoms with E-state index >= 15 is 0 Å². The fourth-order valence-corrected chi connectivity index (χ4v) is 18.0. The average molecular weight is 853 g/mol. The van der Waals surface area contributed by atoms with Crippen LogP contribution in [-0.2, 0) is 19.1 Å². The van der Waals surface area contributed by atoms with Crippen molar-refractivity contribution in [2.45, 2.75) is 223 Å². The van der Waals surface area contributed by atoms with Crippen molar-refractivity contribution in [3.05, 3.63) is 35.5 Å². The van der Waals surface area contributed by atoms with Gasteiger partial charge in [0, 0.05) is 25.0 Å². The van der Waals surface area contributed by atoms with Crippen LogP contribution in [0.3, 0.4) is 0 Å². The number of rotatable bonds is 14. The van der Waals surface area contributed by atoms with Crippen molar-refractivity contribution < 1.29 is 19.1 Å². The molecule has 4 heteroatoms. The Labute approximate surface area is 380 Å². The highest BCUT2D eigenvalue weighted by Gasteiger charge is 2.61. The summed E-state index contributed by atoms with van der Waals surface area (Å²) in [4.78, 5) is 26.3. The Kier molecular flexibility index (Phi) is 13.9. The molecule has 8 rings (SSSR count). The number of esters is 2. The van der Waals surface area contributed by atoms with Gasteiger partial charge in [-0.05, 0) is 183 Å². The van der Waals surface area contributed by atoms with Crippen LogP contribution < -0.4 is 0 Å². The van der Waals surface area contributed by atoms with Crippen molar-refractivity contribution in [1.82, 2.24) is 0 Å². The molecular weight excluding hydrogens is 761 g/mol. The van der Waals surface area contributed by atoms with Crippen molar-refractivity contribution in [3.63, 3.8) is 0 Å². The standard InChI is InChI=1S/C58H92O4/c1-37(2)13-11-15-39(5)47-21-23-49-45-19-17-41-35-43(27-31-55(41,7)51(45)29-33-57(47,49)9)61-53(59)25-26-54(60)62-44-28-32-56(8)42(36-44)18-20-46-50-24-22-48(40(6)16-12-14-38(3)4)58(50,10)34-30-52(46)56/h17-18,25-26,37-40,43-52H,11-16,19-24,27-36H2,1-10H3/b26-25-/t39-,40-,43+,44+,45+,46+,47-,48-,49+,50+,51+,52+,55+,56+,57-,58-/m1/s1. The zero-order valence-corrected chi connectivity index (χ0v) is 41.6. The van der Waals surface area contributed by atoms with E-state index in [1.54, 1.807) is 0 Å². The summed E-state index contributed by atoms with van der Waals surface area (Å²) >= 11 is 0. The highest BCUT2D eigenvalue weighted by atomic mass is 16.5. The molecule has 0 heterocycles. The van der Waals surface area contributed by atoms with Gasteiger partial charge >= 0.3 is 11.9 Å². The van der Waals surface area contributed by atoms with E-state index in [2.05, 4.69) is 81.4 Å². The van der Waals surface area contributed by atoms with Crippen molar-refractivity contribution in [2.75, 3.05) is 0 Å². The number of carbonyl (C=O) groups excluding carboxylic acids is 2. The fraction of sp³-hybridized carbons (Fsp3) is 0.862. The average Bonchev–Trinajstić information content (AvgIpc) is 3.77. The molecular formula is C58H92O4. The molecule has 62 heavy (non-hydrogen) atoms. The van der Waals surface area contributed by atoms with Crippen LogP contribution in [0.4, 0.5) is 0 Å². The molecule has 0 spiro atoms. The third kappa shape index (κ3) is 8.77. The number of fused-ring (bicyclic) bond motifs is 10. The summed E-state index contributed by atoms with van der Waals surface area (Å²) in [6, 6.07) is 0. The van der Waals surface area contributed by atoms with Crippen molar-refractivity contribution in [3.8, 4) is 0 Å². The van der Waals surface area contributed by atoms with E-state index in [9.17, 15) is 9.59 Å². The lowest BCUT2D eigenvalue weighted by atomic mass is 9.47. The minimum atomic E-state index is -0.404. The first-order valence-corrected chi connectivity index (χ1v) is 26.9. The van der Waals surface area contributed by atoms with Crippen LogP contribution in [0, 0.1) is 92.7 Å². The zero-order chi connectivity index (χ0) is 44.2. The van der Waals surface area contributed by atoms with Gasteiger partial charge in [0.1, 0.15) is 12.2 Å². The monoisotopic (exact) mass is 853 g/mol. The summed E-state index contributed by atoms with van der Waals surface area (Å²) in [6.45, 7) is 25.1. The molecule has 348 valence electrons. The predicted octanol–water partition coefficient (Wildman–Crippen LogP) is 15.4. The molecule has 0 radical (unpaired) electrons. The van der Waals surface area contributed by atoms with E-state index in [0.29, 0.717) is 10.8 Å². The Morgan fingerprint density at radius 3 is 1.34 bits per heavy atom. The summed E-state index contributed by atoms with van der Waals surface area (Å²) < 4.78 is 12.1. The quantitative estimate of drug-likeness (QED) is 0.0992. The maximum absolute atomic E-state index is 13.2. The van der Waals surface area contributed by atoms with E-state index < -0.39 is 11.9 Å². The van der Waals surface area contributed by atoms with E-state index in [4.69, 9.17) is 9.47 Å². The molecule has 0 bridgehead atoms. The van der Waals surface area contributed by atoms with E-state index in [1.807, 2.05) is 0 Å². The van der Waals surface area contributed by atoms with E-state index in [-0.39, 0.29) is 23.0 Å². The number of hydrogen-bond acceptors (Lipinski definition) is 4. The summed E-state index contributed by atoms with van der Waals surface area (Å²) in [6.07, 6.45) is 35.2. The summed E-state index contributed by atoms with van der Waals surface area (Å²) in [7, 11) is 0. The second-order valence-electron chi connectivity index (χ2n) is 25.5. The predicted molar refractivity (Wildman–Crippen MR) is 255 cm³/mol. The molecule has 8 aliphatic carbocycles. The molecule has 0 aromatic carbocycles. The Hall–Kier alpha value is -1.84. The highest BCUT2D eigenvalue weighted by Crippen LogP contribution is 2.69. The van der Waals surface area contributed by atoms with Crippen molar-refractivity contribution in [1.29, 1.82) is 0 Å². The third-order valence-corrected chi connectivity index (χ3v) is 21.4. The molecule has 0 saturated heterocycles. The van der Waals surface area contributed by atoms with Gasteiger partial charge in [-0.2, -0.15) is 0 Å². The second-order valence-corrected chi connectivity index (χ2v) is 25.5. The molecule has 8 aliphatic rings. The Morgan fingerprint density at radius 2 is 0.952 bits per heavy atom. The molecule has 0 aromatic heterocycles. The lowest BCUT2D eigenvalue weighted by Crippen LogP contribution is -2.51. The smallest absolute Gasteiger partial charge is 0.331 e. The molecule has 0 aromatic rings. The SMILES string of the molecule is CC(C)CCC[C@@H](C)[C@H]1CC[C@H]2[C@@H]3CC=C4C[C@@H](OC(=O)/C=C\C(=O)O[C@H]5CC[C@@]6(C)C(=CC[C@H]7[C@@H]8CC[C@H]([C@H](C)CCCC(C)C)[C@@]8(C)CC[C@@H]76)C5)CC[C@]4(C)[C@H]3CC[C@]12C. The highest BCUT2D eigenvalue weighted by molar-refractivity contribution is 5.91.